The first-order chi connectivity index (χ1) is 15.2. The fourth-order valence-electron chi connectivity index (χ4n) is 4.69. The van der Waals surface area contributed by atoms with Gasteiger partial charge in [-0.2, -0.15) is 13.2 Å². The minimum absolute atomic E-state index is 0.242. The largest absolute Gasteiger partial charge is 0.416 e. The van der Waals surface area contributed by atoms with Crippen molar-refractivity contribution in [2.75, 3.05) is 18.4 Å². The molecule has 0 radical (unpaired) electrons. The van der Waals surface area contributed by atoms with Gasteiger partial charge in [0, 0.05) is 18.3 Å². The summed E-state index contributed by atoms with van der Waals surface area (Å²) in [7, 11) is 0. The van der Waals surface area contributed by atoms with Gasteiger partial charge in [-0.15, -0.1) is 0 Å². The molecule has 172 valence electrons. The summed E-state index contributed by atoms with van der Waals surface area (Å²) in [5.41, 5.74) is 0.334. The molecule has 1 unspecified atom stereocenters. The number of benzene rings is 2. The number of carbonyl (C=O) groups is 1. The van der Waals surface area contributed by atoms with Crippen molar-refractivity contribution >= 4 is 11.7 Å². The topological polar surface area (TPSA) is 44.4 Å². The van der Waals surface area contributed by atoms with Crippen LogP contribution in [0.25, 0.3) is 0 Å². The van der Waals surface area contributed by atoms with Crippen molar-refractivity contribution in [2.24, 2.45) is 0 Å². The summed E-state index contributed by atoms with van der Waals surface area (Å²) in [6.07, 6.45) is 1.34. The maximum Gasteiger partial charge on any atom is 0.416 e. The number of halogens is 4. The number of hydrogen-bond acceptors (Lipinski definition) is 2. The zero-order valence-electron chi connectivity index (χ0n) is 17.7. The molecule has 2 aliphatic rings. The predicted molar refractivity (Wildman–Crippen MR) is 115 cm³/mol. The van der Waals surface area contributed by atoms with E-state index in [0.717, 1.165) is 69.3 Å². The van der Waals surface area contributed by atoms with Crippen LogP contribution in [0.2, 0.25) is 0 Å². The molecule has 1 saturated carbocycles. The highest BCUT2D eigenvalue weighted by atomic mass is 19.4. The molecule has 2 fully saturated rings. The Balaban J connectivity index is 1.35. The number of rotatable bonds is 6. The molecule has 1 aliphatic carbocycles. The molecule has 2 N–H and O–H groups in total. The lowest BCUT2D eigenvalue weighted by Gasteiger charge is -2.46. The highest BCUT2D eigenvalue weighted by Gasteiger charge is 2.42. The number of nitrogens with one attached hydrogen (secondary N) is 2. The van der Waals surface area contributed by atoms with Gasteiger partial charge in [0.15, 0.2) is 0 Å². The Morgan fingerprint density at radius 1 is 1.03 bits per heavy atom. The third kappa shape index (κ3) is 5.41. The molecule has 4 nitrogen and oxygen atoms in total. The van der Waals surface area contributed by atoms with Gasteiger partial charge in [-0.25, -0.2) is 9.18 Å². The third-order valence-corrected chi connectivity index (χ3v) is 6.55. The second kappa shape index (κ2) is 9.10. The molecule has 0 spiro atoms. The van der Waals surface area contributed by atoms with E-state index in [2.05, 4.69) is 15.5 Å². The van der Waals surface area contributed by atoms with Crippen LogP contribution in [0.3, 0.4) is 0 Å². The minimum atomic E-state index is -4.41. The summed E-state index contributed by atoms with van der Waals surface area (Å²) in [5.74, 6) is -0.242. The van der Waals surface area contributed by atoms with Gasteiger partial charge < -0.3 is 10.6 Å². The van der Waals surface area contributed by atoms with Crippen LogP contribution >= 0.6 is 0 Å². The van der Waals surface area contributed by atoms with Crippen LogP contribution in [0.4, 0.5) is 28.0 Å². The average molecular weight is 449 g/mol. The van der Waals surface area contributed by atoms with Crippen LogP contribution in [-0.4, -0.2) is 35.6 Å². The first-order valence-electron chi connectivity index (χ1n) is 11.0. The lowest BCUT2D eigenvalue weighted by molar-refractivity contribution is -0.137. The van der Waals surface area contributed by atoms with Crippen molar-refractivity contribution in [3.05, 3.63) is 65.5 Å². The fourth-order valence-corrected chi connectivity index (χ4v) is 4.69. The van der Waals surface area contributed by atoms with Crippen molar-refractivity contribution in [1.29, 1.82) is 0 Å². The third-order valence-electron chi connectivity index (χ3n) is 6.55. The molecule has 2 aromatic rings. The molecule has 32 heavy (non-hydrogen) atoms. The van der Waals surface area contributed by atoms with Crippen molar-refractivity contribution in [3.63, 3.8) is 0 Å². The predicted octanol–water partition coefficient (Wildman–Crippen LogP) is 5.60. The van der Waals surface area contributed by atoms with Crippen LogP contribution < -0.4 is 10.6 Å². The number of hydrogen-bond donors (Lipinski definition) is 2. The average Bonchev–Trinajstić information content (AvgIpc) is 3.14. The number of likely N-dealkylation sites (tertiary alicyclic amines) is 1. The summed E-state index contributed by atoms with van der Waals surface area (Å²) in [4.78, 5) is 15.0. The van der Waals surface area contributed by atoms with Gasteiger partial charge in [0.05, 0.1) is 11.1 Å². The Hall–Kier alpha value is -2.61. The van der Waals surface area contributed by atoms with E-state index in [0.29, 0.717) is 11.7 Å². The molecule has 1 heterocycles. The van der Waals surface area contributed by atoms with Gasteiger partial charge in [0.1, 0.15) is 5.82 Å². The molecule has 1 saturated heterocycles. The monoisotopic (exact) mass is 449 g/mol. The number of amides is 2. The summed E-state index contributed by atoms with van der Waals surface area (Å²) in [5, 5.41) is 5.73. The number of carbonyl (C=O) groups excluding carboxylic acids is 1. The van der Waals surface area contributed by atoms with Crippen LogP contribution in [0.5, 0.6) is 0 Å². The number of alkyl halides is 3. The van der Waals surface area contributed by atoms with Crippen molar-refractivity contribution < 1.29 is 22.4 Å². The van der Waals surface area contributed by atoms with Crippen molar-refractivity contribution in [2.45, 2.75) is 56.3 Å². The summed E-state index contributed by atoms with van der Waals surface area (Å²) in [6.45, 7) is 1.69. The van der Waals surface area contributed by atoms with E-state index in [4.69, 9.17) is 0 Å². The van der Waals surface area contributed by atoms with E-state index in [1.165, 1.54) is 24.3 Å². The maximum absolute atomic E-state index is 13.2. The summed E-state index contributed by atoms with van der Waals surface area (Å²) < 4.78 is 51.3. The highest BCUT2D eigenvalue weighted by Crippen LogP contribution is 2.35. The second-order valence-electron chi connectivity index (χ2n) is 8.89. The maximum atomic E-state index is 13.2. The number of nitrogens with zero attached hydrogens (tertiary/aromatic N) is 1. The van der Waals surface area contributed by atoms with Gasteiger partial charge in [0.2, 0.25) is 0 Å². The van der Waals surface area contributed by atoms with Crippen LogP contribution in [-0.2, 0) is 12.6 Å². The first kappa shape index (κ1) is 22.6. The van der Waals surface area contributed by atoms with E-state index in [1.807, 2.05) is 12.1 Å². The van der Waals surface area contributed by atoms with Gasteiger partial charge in [0.25, 0.3) is 0 Å². The Morgan fingerprint density at radius 2 is 1.72 bits per heavy atom. The van der Waals surface area contributed by atoms with Gasteiger partial charge >= 0.3 is 12.2 Å². The van der Waals surface area contributed by atoms with Gasteiger partial charge in [-0.05, 0) is 87.0 Å². The fraction of sp³-hybridized carbons (Fsp3) is 0.458. The number of anilines is 1. The summed E-state index contributed by atoms with van der Waals surface area (Å²) in [6, 6.07) is 11.0. The lowest BCUT2D eigenvalue weighted by atomic mass is 9.76. The Morgan fingerprint density at radius 3 is 2.31 bits per heavy atom. The Bertz CT molecular complexity index is 924. The molecule has 0 bridgehead atoms. The van der Waals surface area contributed by atoms with E-state index in [1.54, 1.807) is 0 Å². The lowest BCUT2D eigenvalue weighted by Crippen LogP contribution is -2.61. The van der Waals surface area contributed by atoms with E-state index >= 15 is 0 Å². The van der Waals surface area contributed by atoms with E-state index in [-0.39, 0.29) is 11.4 Å². The molecule has 4 rings (SSSR count). The van der Waals surface area contributed by atoms with Crippen LogP contribution in [0.1, 0.15) is 43.2 Å². The van der Waals surface area contributed by atoms with Gasteiger partial charge in [-0.3, -0.25) is 4.90 Å². The standard InChI is InChI=1S/C24H27F4N3O/c25-19-8-4-17(5-9-19)15-21-3-1-14-31(21)16-23(12-2-13-23)30-22(32)29-20-10-6-18(7-11-20)24(26,27)28/h4-11,21H,1-3,12-16H2,(H2,29,30,32). The smallest absolute Gasteiger partial charge is 0.331 e. The Labute approximate surface area is 185 Å². The van der Waals surface area contributed by atoms with Crippen LogP contribution in [0, 0.1) is 5.82 Å². The second-order valence-corrected chi connectivity index (χ2v) is 8.89. The van der Waals surface area contributed by atoms with Gasteiger partial charge in [-0.1, -0.05) is 12.1 Å². The summed E-state index contributed by atoms with van der Waals surface area (Å²) >= 11 is 0. The molecule has 2 amide bonds. The SMILES string of the molecule is O=C(Nc1ccc(C(F)(F)F)cc1)NC1(CN2CCCC2Cc2ccc(F)cc2)CCC1. The zero-order chi connectivity index (χ0) is 22.8. The molecular weight excluding hydrogens is 422 g/mol. The van der Waals surface area contributed by atoms with E-state index in [9.17, 15) is 22.4 Å². The normalized spacial score (nSPS) is 20.6. The Kier molecular flexibility index (Phi) is 6.42. The molecule has 1 atom stereocenters. The molecule has 1 aliphatic heterocycles. The van der Waals surface area contributed by atoms with E-state index < -0.39 is 17.8 Å². The van der Waals surface area contributed by atoms with Crippen molar-refractivity contribution in [1.82, 2.24) is 10.2 Å². The highest BCUT2D eigenvalue weighted by molar-refractivity contribution is 5.89. The minimum Gasteiger partial charge on any atom is -0.331 e. The molecular formula is C24H27F4N3O. The van der Waals surface area contributed by atoms with Crippen molar-refractivity contribution in [3.8, 4) is 0 Å². The molecule has 0 aromatic heterocycles. The number of urea groups is 1. The van der Waals surface area contributed by atoms with Crippen LogP contribution in [0.15, 0.2) is 48.5 Å². The first-order valence-corrected chi connectivity index (χ1v) is 11.0. The molecule has 2 aromatic carbocycles. The molecule has 8 heteroatoms. The quantitative estimate of drug-likeness (QED) is 0.564. The zero-order valence-corrected chi connectivity index (χ0v) is 17.7.